The molecule has 2 heterocycles. The first kappa shape index (κ1) is 21.8. The van der Waals surface area contributed by atoms with E-state index in [-0.39, 0.29) is 34.6 Å². The number of rotatable bonds is 2. The highest BCUT2D eigenvalue weighted by atomic mass is 16.5. The minimum absolute atomic E-state index is 0.0101. The Kier molecular flexibility index (Phi) is 5.36. The van der Waals surface area contributed by atoms with Crippen LogP contribution in [0.5, 0.6) is 0 Å². The van der Waals surface area contributed by atoms with Crippen LogP contribution in [0.2, 0.25) is 0 Å². The highest BCUT2D eigenvalue weighted by Gasteiger charge is 2.36. The average molecular weight is 421 g/mol. The van der Waals surface area contributed by atoms with E-state index in [1.807, 2.05) is 41.7 Å². The number of hydrogen-bond acceptors (Lipinski definition) is 4. The molecule has 2 atom stereocenters. The smallest absolute Gasteiger partial charge is 0.254 e. The van der Waals surface area contributed by atoms with Gasteiger partial charge in [0.1, 0.15) is 7.85 Å². The van der Waals surface area contributed by atoms with Crippen molar-refractivity contribution in [1.29, 1.82) is 0 Å². The van der Waals surface area contributed by atoms with E-state index in [0.29, 0.717) is 25.1 Å². The van der Waals surface area contributed by atoms with E-state index in [2.05, 4.69) is 39.7 Å². The minimum atomic E-state index is -0.0750. The second kappa shape index (κ2) is 7.62. The van der Waals surface area contributed by atoms with E-state index >= 15 is 0 Å². The summed E-state index contributed by atoms with van der Waals surface area (Å²) in [6.45, 7) is 11.8. The second-order valence-corrected chi connectivity index (χ2v) is 10.9. The topological polar surface area (TPSA) is 64.4 Å². The van der Waals surface area contributed by atoms with Crippen molar-refractivity contribution in [3.8, 4) is 5.69 Å². The zero-order chi connectivity index (χ0) is 22.6. The molecule has 2 aliphatic rings. The van der Waals surface area contributed by atoms with Crippen molar-refractivity contribution in [2.24, 2.45) is 10.8 Å². The summed E-state index contributed by atoms with van der Waals surface area (Å²) in [6.07, 6.45) is 3.03. The molecule has 7 heteroatoms. The standard InChI is InChI=1S/C24H32BN3O3/c1-23(2,3)20-13-27(14-21(25)31-20)22(30)15-6-8-16(9-7-15)28-18-10-24(4,5)11-19(29)17(18)12-26-28/h6-9,12,20-21H,10-11,13-14,25H2,1-5H3. The molecule has 0 bridgehead atoms. The zero-order valence-corrected chi connectivity index (χ0v) is 19.4. The Labute approximate surface area is 185 Å². The van der Waals surface area contributed by atoms with Crippen LogP contribution in [0.15, 0.2) is 30.5 Å². The van der Waals surface area contributed by atoms with Crippen molar-refractivity contribution in [3.63, 3.8) is 0 Å². The number of hydrogen-bond donors (Lipinski definition) is 0. The molecular weight excluding hydrogens is 389 g/mol. The van der Waals surface area contributed by atoms with Gasteiger partial charge < -0.3 is 9.64 Å². The first-order chi connectivity index (χ1) is 14.4. The molecule has 1 aromatic heterocycles. The van der Waals surface area contributed by atoms with E-state index in [4.69, 9.17) is 4.74 Å². The number of benzene rings is 1. The molecule has 0 saturated carbocycles. The minimum Gasteiger partial charge on any atom is -0.380 e. The van der Waals surface area contributed by atoms with Gasteiger partial charge >= 0.3 is 0 Å². The SMILES string of the molecule is BC1CN(C(=O)c2ccc(-n3ncc4c3CC(C)(C)CC4=O)cc2)CC(C(C)(C)C)O1. The molecule has 31 heavy (non-hydrogen) atoms. The molecule has 1 aliphatic heterocycles. The number of ketones is 1. The number of carbonyl (C=O) groups is 2. The Morgan fingerprint density at radius 3 is 2.48 bits per heavy atom. The Bertz CT molecular complexity index is 1000. The van der Waals surface area contributed by atoms with Gasteiger partial charge in [0.15, 0.2) is 5.78 Å². The summed E-state index contributed by atoms with van der Waals surface area (Å²) in [5.74, 6) is 0.175. The first-order valence-corrected chi connectivity index (χ1v) is 11.1. The predicted octanol–water partition coefficient (Wildman–Crippen LogP) is 2.87. The van der Waals surface area contributed by atoms with Crippen molar-refractivity contribution in [2.45, 2.75) is 59.6 Å². The fourth-order valence-electron chi connectivity index (χ4n) is 4.57. The maximum atomic E-state index is 13.2. The number of fused-ring (bicyclic) bond motifs is 1. The van der Waals surface area contributed by atoms with Crippen molar-refractivity contribution >= 4 is 19.5 Å². The highest BCUT2D eigenvalue weighted by Crippen LogP contribution is 2.35. The van der Waals surface area contributed by atoms with Crippen LogP contribution in [0, 0.1) is 10.8 Å². The molecule has 6 nitrogen and oxygen atoms in total. The Balaban J connectivity index is 1.56. The van der Waals surface area contributed by atoms with Gasteiger partial charge in [0.2, 0.25) is 0 Å². The van der Waals surface area contributed by atoms with E-state index < -0.39 is 0 Å². The molecule has 1 aromatic carbocycles. The summed E-state index contributed by atoms with van der Waals surface area (Å²) in [7, 11) is 2.02. The van der Waals surface area contributed by atoms with Gasteiger partial charge in [-0.05, 0) is 41.5 Å². The predicted molar refractivity (Wildman–Crippen MR) is 123 cm³/mol. The molecule has 1 fully saturated rings. The van der Waals surface area contributed by atoms with Crippen LogP contribution in [0.4, 0.5) is 0 Å². The molecule has 4 rings (SSSR count). The lowest BCUT2D eigenvalue weighted by Gasteiger charge is -2.42. The molecule has 1 saturated heterocycles. The van der Waals surface area contributed by atoms with Gasteiger partial charge in [-0.1, -0.05) is 34.6 Å². The molecule has 1 aliphatic carbocycles. The molecule has 0 radical (unpaired) electrons. The molecule has 2 unspecified atom stereocenters. The van der Waals surface area contributed by atoms with Gasteiger partial charge in [-0.2, -0.15) is 5.10 Å². The second-order valence-electron chi connectivity index (χ2n) is 10.9. The average Bonchev–Trinajstić information content (AvgIpc) is 3.09. The number of nitrogens with zero attached hydrogens (tertiary/aromatic N) is 3. The van der Waals surface area contributed by atoms with E-state index in [1.54, 1.807) is 6.20 Å². The van der Waals surface area contributed by atoms with E-state index in [1.165, 1.54) is 0 Å². The number of morpholine rings is 1. The molecule has 0 N–H and O–H groups in total. The third-order valence-corrected chi connectivity index (χ3v) is 6.33. The fraction of sp³-hybridized carbons (Fsp3) is 0.542. The van der Waals surface area contributed by atoms with Gasteiger partial charge in [-0.25, -0.2) is 4.68 Å². The summed E-state index contributed by atoms with van der Waals surface area (Å²) in [5, 5.41) is 4.48. The monoisotopic (exact) mass is 421 g/mol. The summed E-state index contributed by atoms with van der Waals surface area (Å²) in [4.78, 5) is 27.6. The van der Waals surface area contributed by atoms with Crippen LogP contribution in [-0.4, -0.2) is 59.4 Å². The molecule has 2 aromatic rings. The van der Waals surface area contributed by atoms with Crippen molar-refractivity contribution in [3.05, 3.63) is 47.3 Å². The first-order valence-electron chi connectivity index (χ1n) is 11.1. The van der Waals surface area contributed by atoms with Crippen molar-refractivity contribution in [2.75, 3.05) is 13.1 Å². The van der Waals surface area contributed by atoms with E-state index in [9.17, 15) is 9.59 Å². The summed E-state index contributed by atoms with van der Waals surface area (Å²) in [5.41, 5.74) is 3.09. The van der Waals surface area contributed by atoms with Crippen LogP contribution in [0.3, 0.4) is 0 Å². The lowest BCUT2D eigenvalue weighted by molar-refractivity contribution is -0.0877. The maximum absolute atomic E-state index is 13.2. The Morgan fingerprint density at radius 1 is 1.16 bits per heavy atom. The van der Waals surface area contributed by atoms with Gasteiger partial charge in [-0.15, -0.1) is 0 Å². The van der Waals surface area contributed by atoms with Crippen LogP contribution in [0.1, 0.15) is 67.4 Å². The molecule has 0 spiro atoms. The number of Topliss-reactive ketones (excluding diaryl/α,β-unsaturated/α-hetero) is 1. The quantitative estimate of drug-likeness (QED) is 0.700. The van der Waals surface area contributed by atoms with Crippen molar-refractivity contribution in [1.82, 2.24) is 14.7 Å². The molecular formula is C24H32BN3O3. The lowest BCUT2D eigenvalue weighted by atomic mass is 9.76. The maximum Gasteiger partial charge on any atom is 0.254 e. The summed E-state index contributed by atoms with van der Waals surface area (Å²) >= 11 is 0. The third-order valence-electron chi connectivity index (χ3n) is 6.33. The van der Waals surface area contributed by atoms with Crippen LogP contribution in [-0.2, 0) is 11.2 Å². The van der Waals surface area contributed by atoms with Gasteiger partial charge in [0.25, 0.3) is 5.91 Å². The Morgan fingerprint density at radius 2 is 1.84 bits per heavy atom. The number of carbonyl (C=O) groups excluding carboxylic acids is 2. The van der Waals surface area contributed by atoms with Crippen LogP contribution in [0.25, 0.3) is 5.69 Å². The van der Waals surface area contributed by atoms with Gasteiger partial charge in [0, 0.05) is 31.1 Å². The van der Waals surface area contributed by atoms with Crippen molar-refractivity contribution < 1.29 is 14.3 Å². The summed E-state index contributed by atoms with van der Waals surface area (Å²) < 4.78 is 7.92. The normalized spacial score (nSPS) is 23.5. The highest BCUT2D eigenvalue weighted by molar-refractivity contribution is 6.11. The third kappa shape index (κ3) is 4.33. The largest absolute Gasteiger partial charge is 0.380 e. The lowest BCUT2D eigenvalue weighted by Crippen LogP contribution is -2.54. The van der Waals surface area contributed by atoms with Crippen LogP contribution >= 0.6 is 0 Å². The number of ether oxygens (including phenoxy) is 1. The zero-order valence-electron chi connectivity index (χ0n) is 19.4. The van der Waals surface area contributed by atoms with Gasteiger partial charge in [0.05, 0.1) is 29.2 Å². The fourth-order valence-corrected chi connectivity index (χ4v) is 4.57. The molecule has 1 amide bonds. The van der Waals surface area contributed by atoms with Crippen LogP contribution < -0.4 is 0 Å². The Hall–Kier alpha value is -2.41. The van der Waals surface area contributed by atoms with Gasteiger partial charge in [-0.3, -0.25) is 9.59 Å². The number of amides is 1. The number of aromatic nitrogens is 2. The van der Waals surface area contributed by atoms with E-state index in [0.717, 1.165) is 23.4 Å². The summed E-state index contributed by atoms with van der Waals surface area (Å²) in [6, 6.07) is 7.55. The molecule has 164 valence electrons.